The summed E-state index contributed by atoms with van der Waals surface area (Å²) in [6.07, 6.45) is 8.67. The van der Waals surface area contributed by atoms with Crippen LogP contribution in [0.15, 0.2) is 18.7 Å². The first-order chi connectivity index (χ1) is 15.4. The third-order valence-corrected chi connectivity index (χ3v) is 6.87. The number of esters is 1. The molecule has 1 aromatic rings. The van der Waals surface area contributed by atoms with Gasteiger partial charge in [-0.05, 0) is 50.9 Å². The van der Waals surface area contributed by atoms with E-state index < -0.39 is 4.92 Å². The number of rotatable bonds is 9. The van der Waals surface area contributed by atoms with Gasteiger partial charge in [-0.25, -0.2) is 0 Å². The molecule has 1 spiro atoms. The molecule has 1 aliphatic carbocycles. The number of nitro benzene ring substituents is 1. The van der Waals surface area contributed by atoms with Gasteiger partial charge < -0.3 is 19.1 Å². The van der Waals surface area contributed by atoms with E-state index in [9.17, 15) is 14.9 Å². The van der Waals surface area contributed by atoms with Gasteiger partial charge in [0.25, 0.3) is 0 Å². The third kappa shape index (κ3) is 5.59. The summed E-state index contributed by atoms with van der Waals surface area (Å²) in [5.74, 6) is 0.0743. The Morgan fingerprint density at radius 1 is 1.28 bits per heavy atom. The first-order valence-corrected chi connectivity index (χ1v) is 11.4. The molecule has 0 radical (unpaired) electrons. The van der Waals surface area contributed by atoms with E-state index in [1.807, 2.05) is 0 Å². The number of hydrogen-bond donors (Lipinski definition) is 0. The molecule has 176 valence electrons. The highest BCUT2D eigenvalue weighted by atomic mass is 16.6. The van der Waals surface area contributed by atoms with Crippen LogP contribution in [0.3, 0.4) is 0 Å². The van der Waals surface area contributed by atoms with Gasteiger partial charge in [-0.2, -0.15) is 0 Å². The summed E-state index contributed by atoms with van der Waals surface area (Å²) >= 11 is 0. The minimum atomic E-state index is -0.423. The van der Waals surface area contributed by atoms with Gasteiger partial charge in [0, 0.05) is 36.5 Å². The van der Waals surface area contributed by atoms with Gasteiger partial charge in [0.2, 0.25) is 0 Å². The van der Waals surface area contributed by atoms with Crippen LogP contribution in [0, 0.1) is 15.5 Å². The molecule has 1 heterocycles. The number of hydrogen-bond acceptors (Lipinski definition) is 7. The van der Waals surface area contributed by atoms with Crippen molar-refractivity contribution in [1.82, 2.24) is 0 Å². The molecule has 0 bridgehead atoms. The molecule has 3 rings (SSSR count). The number of anilines is 1. The van der Waals surface area contributed by atoms with Gasteiger partial charge in [0.05, 0.1) is 37.8 Å². The average molecular weight is 447 g/mol. The molecule has 1 aromatic carbocycles. The van der Waals surface area contributed by atoms with Crippen LogP contribution in [0.4, 0.5) is 11.4 Å². The molecule has 32 heavy (non-hydrogen) atoms. The van der Waals surface area contributed by atoms with E-state index in [4.69, 9.17) is 14.2 Å². The van der Waals surface area contributed by atoms with Crippen LogP contribution in [-0.4, -0.2) is 50.4 Å². The second-order valence-corrected chi connectivity index (χ2v) is 8.66. The van der Waals surface area contributed by atoms with Crippen LogP contribution < -0.4 is 9.64 Å². The lowest BCUT2D eigenvalue weighted by atomic mass is 9.67. The fraction of sp³-hybridized carbons (Fsp3) is 0.625. The normalized spacial score (nSPS) is 18.4. The van der Waals surface area contributed by atoms with Crippen molar-refractivity contribution in [3.63, 3.8) is 0 Å². The molecule has 2 aliphatic rings. The number of piperidine rings is 1. The van der Waals surface area contributed by atoms with Crippen molar-refractivity contribution in [3.05, 3.63) is 34.4 Å². The molecule has 0 unspecified atom stereocenters. The Morgan fingerprint density at radius 2 is 1.97 bits per heavy atom. The molecule has 8 nitrogen and oxygen atoms in total. The van der Waals surface area contributed by atoms with Gasteiger partial charge in [-0.1, -0.05) is 12.7 Å². The number of benzene rings is 1. The highest BCUT2D eigenvalue weighted by molar-refractivity contribution is 5.73. The van der Waals surface area contributed by atoms with Crippen molar-refractivity contribution >= 4 is 23.4 Å². The van der Waals surface area contributed by atoms with Crippen molar-refractivity contribution in [2.24, 2.45) is 5.41 Å². The van der Waals surface area contributed by atoms with Crippen LogP contribution in [0.25, 0.3) is 6.08 Å². The SMILES string of the molecule is C=Cc1cc([N+](=O)[O-])c(OC)cc1N1CCC2(CCC(OCCC(=O)OCC)CC2)CC1. The highest BCUT2D eigenvalue weighted by Gasteiger charge is 2.39. The Bertz CT molecular complexity index is 822. The zero-order chi connectivity index (χ0) is 23.1. The van der Waals surface area contributed by atoms with Crippen molar-refractivity contribution in [1.29, 1.82) is 0 Å². The Labute approximate surface area is 189 Å². The van der Waals surface area contributed by atoms with Crippen LogP contribution in [0.2, 0.25) is 0 Å². The lowest BCUT2D eigenvalue weighted by Gasteiger charge is -2.46. The molecule has 8 heteroatoms. The molecule has 0 atom stereocenters. The van der Waals surface area contributed by atoms with E-state index in [1.54, 1.807) is 25.1 Å². The smallest absolute Gasteiger partial charge is 0.311 e. The summed E-state index contributed by atoms with van der Waals surface area (Å²) in [5.41, 5.74) is 1.98. The van der Waals surface area contributed by atoms with E-state index in [2.05, 4.69) is 11.5 Å². The zero-order valence-electron chi connectivity index (χ0n) is 19.1. The minimum Gasteiger partial charge on any atom is -0.490 e. The van der Waals surface area contributed by atoms with E-state index in [0.717, 1.165) is 62.9 Å². The summed E-state index contributed by atoms with van der Waals surface area (Å²) in [7, 11) is 1.46. The Morgan fingerprint density at radius 3 is 2.53 bits per heavy atom. The summed E-state index contributed by atoms with van der Waals surface area (Å²) in [5, 5.41) is 11.3. The first kappa shape index (κ1) is 24.0. The summed E-state index contributed by atoms with van der Waals surface area (Å²) in [4.78, 5) is 24.7. The number of carbonyl (C=O) groups excluding carboxylic acids is 1. The van der Waals surface area contributed by atoms with Gasteiger partial charge in [0.1, 0.15) is 0 Å². The van der Waals surface area contributed by atoms with Crippen LogP contribution >= 0.6 is 0 Å². The fourth-order valence-electron chi connectivity index (χ4n) is 4.95. The third-order valence-electron chi connectivity index (χ3n) is 6.87. The maximum atomic E-state index is 11.5. The lowest BCUT2D eigenvalue weighted by Crippen LogP contribution is -2.43. The molecule has 1 saturated carbocycles. The average Bonchev–Trinajstić information content (AvgIpc) is 2.80. The molecular weight excluding hydrogens is 412 g/mol. The summed E-state index contributed by atoms with van der Waals surface area (Å²) in [6, 6.07) is 3.31. The number of methoxy groups -OCH3 is 1. The molecule has 0 amide bonds. The predicted molar refractivity (Wildman–Crippen MR) is 123 cm³/mol. The van der Waals surface area contributed by atoms with E-state index in [0.29, 0.717) is 25.0 Å². The largest absolute Gasteiger partial charge is 0.490 e. The van der Waals surface area contributed by atoms with Crippen molar-refractivity contribution < 1.29 is 23.9 Å². The Kier molecular flexibility index (Phi) is 8.12. The quantitative estimate of drug-likeness (QED) is 0.307. The van der Waals surface area contributed by atoms with Gasteiger partial charge in [0.15, 0.2) is 5.75 Å². The second kappa shape index (κ2) is 10.8. The molecule has 0 N–H and O–H groups in total. The summed E-state index contributed by atoms with van der Waals surface area (Å²) in [6.45, 7) is 8.28. The van der Waals surface area contributed by atoms with Gasteiger partial charge in [-0.3, -0.25) is 14.9 Å². The maximum Gasteiger partial charge on any atom is 0.311 e. The number of nitrogens with zero attached hydrogens (tertiary/aromatic N) is 2. The van der Waals surface area contributed by atoms with Crippen molar-refractivity contribution in [2.45, 2.75) is 58.0 Å². The fourth-order valence-corrected chi connectivity index (χ4v) is 4.95. The first-order valence-electron chi connectivity index (χ1n) is 11.4. The number of nitro groups is 1. The Balaban J connectivity index is 1.55. The van der Waals surface area contributed by atoms with Crippen molar-refractivity contribution in [2.75, 3.05) is 38.3 Å². The number of ether oxygens (including phenoxy) is 3. The number of carbonyl (C=O) groups is 1. The lowest BCUT2D eigenvalue weighted by molar-refractivity contribution is -0.385. The predicted octanol–water partition coefficient (Wildman–Crippen LogP) is 4.75. The molecule has 1 saturated heterocycles. The minimum absolute atomic E-state index is 0.0408. The molecule has 2 fully saturated rings. The molecular formula is C24H34N2O6. The molecule has 0 aromatic heterocycles. The topological polar surface area (TPSA) is 91.1 Å². The standard InChI is InChI=1S/C24H34N2O6/c1-4-18-16-21(26(28)29)22(30-3)17-20(18)25-13-11-24(12-14-25)9-6-19(7-10-24)32-15-8-23(27)31-5-2/h4,16-17,19H,1,5-15H2,2-3H3. The maximum absolute atomic E-state index is 11.5. The van der Waals surface area contributed by atoms with Crippen LogP contribution in [0.5, 0.6) is 5.75 Å². The summed E-state index contributed by atoms with van der Waals surface area (Å²) < 4.78 is 16.1. The van der Waals surface area contributed by atoms with E-state index >= 15 is 0 Å². The van der Waals surface area contributed by atoms with Gasteiger partial charge in [-0.15, -0.1) is 0 Å². The highest BCUT2D eigenvalue weighted by Crippen LogP contribution is 2.47. The van der Waals surface area contributed by atoms with Gasteiger partial charge >= 0.3 is 11.7 Å². The Hall–Kier alpha value is -2.61. The monoisotopic (exact) mass is 446 g/mol. The van der Waals surface area contributed by atoms with E-state index in [1.165, 1.54) is 7.11 Å². The zero-order valence-corrected chi connectivity index (χ0v) is 19.1. The van der Waals surface area contributed by atoms with Crippen LogP contribution in [-0.2, 0) is 14.3 Å². The van der Waals surface area contributed by atoms with Crippen LogP contribution in [0.1, 0.15) is 57.4 Å². The van der Waals surface area contributed by atoms with E-state index in [-0.39, 0.29) is 23.5 Å². The van der Waals surface area contributed by atoms with Crippen molar-refractivity contribution in [3.8, 4) is 5.75 Å². The molecule has 1 aliphatic heterocycles. The second-order valence-electron chi connectivity index (χ2n) is 8.66.